The number of halogens is 1. The van der Waals surface area contributed by atoms with E-state index >= 15 is 0 Å². The Morgan fingerprint density at radius 2 is 2.37 bits per heavy atom. The minimum absolute atomic E-state index is 0.0148. The molecule has 0 saturated carbocycles. The molecule has 1 saturated heterocycles. The molecule has 0 aromatic heterocycles. The molecule has 2 N–H and O–H groups in total. The Balaban J connectivity index is 2.17. The van der Waals surface area contributed by atoms with Crippen molar-refractivity contribution < 1.29 is 9.90 Å². The maximum absolute atomic E-state index is 12.5. The lowest BCUT2D eigenvalue weighted by Gasteiger charge is -2.34. The molecule has 1 aliphatic rings. The number of amides is 1. The third-order valence-corrected chi connectivity index (χ3v) is 4.18. The van der Waals surface area contributed by atoms with Gasteiger partial charge in [-0.25, -0.2) is 0 Å². The Hall–Kier alpha value is -1.07. The number of likely N-dealkylation sites (N-methyl/N-ethyl adjacent to an activating group) is 1. The van der Waals surface area contributed by atoms with Gasteiger partial charge in [-0.3, -0.25) is 4.79 Å². The summed E-state index contributed by atoms with van der Waals surface area (Å²) in [7, 11) is 0. The summed E-state index contributed by atoms with van der Waals surface area (Å²) >= 11 is 3.22. The van der Waals surface area contributed by atoms with E-state index in [1.54, 1.807) is 12.1 Å². The van der Waals surface area contributed by atoms with Crippen molar-refractivity contribution in [1.82, 2.24) is 10.2 Å². The largest absolute Gasteiger partial charge is 0.507 e. The monoisotopic (exact) mass is 326 g/mol. The molecule has 1 heterocycles. The first kappa shape index (κ1) is 14.3. The lowest BCUT2D eigenvalue weighted by Crippen LogP contribution is -2.48. The van der Waals surface area contributed by atoms with Crippen LogP contribution < -0.4 is 5.32 Å². The average Bonchev–Trinajstić information content (AvgIpc) is 2.44. The summed E-state index contributed by atoms with van der Waals surface area (Å²) in [5.41, 5.74) is 0.535. The number of hydrogen-bond acceptors (Lipinski definition) is 3. The highest BCUT2D eigenvalue weighted by atomic mass is 79.9. The summed E-state index contributed by atoms with van der Waals surface area (Å²) in [6, 6.07) is 5.21. The molecule has 1 atom stereocenters. The van der Waals surface area contributed by atoms with Crippen LogP contribution in [0.5, 0.6) is 5.75 Å². The van der Waals surface area contributed by atoms with Crippen LogP contribution in [0.3, 0.4) is 0 Å². The van der Waals surface area contributed by atoms with E-state index in [4.69, 9.17) is 0 Å². The van der Waals surface area contributed by atoms with Crippen LogP contribution in [-0.2, 0) is 0 Å². The van der Waals surface area contributed by atoms with Crippen LogP contribution in [0.1, 0.15) is 30.1 Å². The predicted octanol–water partition coefficient (Wildman–Crippen LogP) is 2.37. The van der Waals surface area contributed by atoms with Gasteiger partial charge < -0.3 is 15.3 Å². The topological polar surface area (TPSA) is 52.6 Å². The van der Waals surface area contributed by atoms with E-state index in [2.05, 4.69) is 21.2 Å². The molecule has 0 aliphatic carbocycles. The number of piperidine rings is 1. The van der Waals surface area contributed by atoms with E-state index in [1.165, 1.54) is 6.07 Å². The fourth-order valence-corrected chi connectivity index (χ4v) is 2.73. The van der Waals surface area contributed by atoms with Crippen LogP contribution in [-0.4, -0.2) is 41.6 Å². The van der Waals surface area contributed by atoms with Crippen LogP contribution in [0.15, 0.2) is 22.7 Å². The van der Waals surface area contributed by atoms with Crippen molar-refractivity contribution in [2.75, 3.05) is 19.6 Å². The van der Waals surface area contributed by atoms with E-state index in [1.807, 2.05) is 11.8 Å². The third kappa shape index (κ3) is 3.28. The second kappa shape index (κ2) is 6.39. The SMILES string of the molecule is CCN(C(=O)c1ccc(Br)c(O)c1)C1CCCNC1. The number of nitrogens with zero attached hydrogens (tertiary/aromatic N) is 1. The molecule has 4 nitrogen and oxygen atoms in total. The molecule has 2 rings (SSSR count). The van der Waals surface area contributed by atoms with Crippen molar-refractivity contribution >= 4 is 21.8 Å². The lowest BCUT2D eigenvalue weighted by molar-refractivity contribution is 0.0661. The average molecular weight is 327 g/mol. The highest BCUT2D eigenvalue weighted by Gasteiger charge is 2.25. The van der Waals surface area contributed by atoms with E-state index in [9.17, 15) is 9.90 Å². The second-order valence-corrected chi connectivity index (χ2v) is 5.61. The van der Waals surface area contributed by atoms with Gasteiger partial charge in [-0.05, 0) is 60.4 Å². The molecule has 0 spiro atoms. The summed E-state index contributed by atoms with van der Waals surface area (Å²) in [6.45, 7) is 4.55. The summed E-state index contributed by atoms with van der Waals surface area (Å²) < 4.78 is 0.603. The molecule has 0 bridgehead atoms. The van der Waals surface area contributed by atoms with Gasteiger partial charge in [-0.2, -0.15) is 0 Å². The van der Waals surface area contributed by atoms with E-state index in [0.717, 1.165) is 25.9 Å². The lowest BCUT2D eigenvalue weighted by atomic mass is 10.0. The maximum Gasteiger partial charge on any atom is 0.254 e. The zero-order chi connectivity index (χ0) is 13.8. The molecule has 1 aromatic rings. The van der Waals surface area contributed by atoms with E-state index in [0.29, 0.717) is 16.6 Å². The number of aromatic hydroxyl groups is 1. The van der Waals surface area contributed by atoms with Crippen molar-refractivity contribution in [2.24, 2.45) is 0 Å². The molecule has 1 unspecified atom stereocenters. The number of phenolic OH excluding ortho intramolecular Hbond substituents is 1. The number of carbonyl (C=O) groups is 1. The fourth-order valence-electron chi connectivity index (χ4n) is 2.48. The standard InChI is InChI=1S/C14H19BrN2O2/c1-2-17(11-4-3-7-16-9-11)14(19)10-5-6-12(15)13(18)8-10/h5-6,8,11,16,18H,2-4,7,9H2,1H3. The summed E-state index contributed by atoms with van der Waals surface area (Å²) in [5, 5.41) is 13.0. The number of phenols is 1. The first-order valence-corrected chi connectivity index (χ1v) is 7.43. The Labute approximate surface area is 121 Å². The van der Waals surface area contributed by atoms with E-state index < -0.39 is 0 Å². The van der Waals surface area contributed by atoms with Crippen molar-refractivity contribution in [1.29, 1.82) is 0 Å². The molecule has 5 heteroatoms. The van der Waals surface area contributed by atoms with Crippen LogP contribution in [0.25, 0.3) is 0 Å². The molecular weight excluding hydrogens is 308 g/mol. The fraction of sp³-hybridized carbons (Fsp3) is 0.500. The molecule has 1 amide bonds. The minimum Gasteiger partial charge on any atom is -0.507 e. The van der Waals surface area contributed by atoms with Gasteiger partial charge in [0.25, 0.3) is 5.91 Å². The Morgan fingerprint density at radius 1 is 1.58 bits per heavy atom. The van der Waals surface area contributed by atoms with Crippen molar-refractivity contribution in [2.45, 2.75) is 25.8 Å². The van der Waals surface area contributed by atoms with Gasteiger partial charge in [0, 0.05) is 24.7 Å². The number of nitrogens with one attached hydrogen (secondary N) is 1. The molecular formula is C14H19BrN2O2. The second-order valence-electron chi connectivity index (χ2n) is 4.76. The van der Waals surface area contributed by atoms with Crippen LogP contribution in [0.4, 0.5) is 0 Å². The van der Waals surface area contributed by atoms with Crippen LogP contribution in [0, 0.1) is 0 Å². The summed E-state index contributed by atoms with van der Waals surface area (Å²) in [4.78, 5) is 14.4. The molecule has 1 fully saturated rings. The van der Waals surface area contributed by atoms with Gasteiger partial charge in [0.05, 0.1) is 4.47 Å². The van der Waals surface area contributed by atoms with Crippen LogP contribution >= 0.6 is 15.9 Å². The van der Waals surface area contributed by atoms with Gasteiger partial charge in [-0.15, -0.1) is 0 Å². The molecule has 0 radical (unpaired) electrons. The first-order valence-electron chi connectivity index (χ1n) is 6.63. The number of rotatable bonds is 3. The van der Waals surface area contributed by atoms with Gasteiger partial charge in [0.2, 0.25) is 0 Å². The number of hydrogen-bond donors (Lipinski definition) is 2. The normalized spacial score (nSPS) is 19.2. The Kier molecular flexibility index (Phi) is 4.82. The maximum atomic E-state index is 12.5. The smallest absolute Gasteiger partial charge is 0.254 e. The minimum atomic E-state index is -0.0148. The molecule has 1 aliphatic heterocycles. The number of carbonyl (C=O) groups excluding carboxylic acids is 1. The third-order valence-electron chi connectivity index (χ3n) is 3.51. The highest BCUT2D eigenvalue weighted by molar-refractivity contribution is 9.10. The van der Waals surface area contributed by atoms with Crippen molar-refractivity contribution in [3.63, 3.8) is 0 Å². The van der Waals surface area contributed by atoms with Crippen molar-refractivity contribution in [3.05, 3.63) is 28.2 Å². The zero-order valence-electron chi connectivity index (χ0n) is 11.0. The molecule has 19 heavy (non-hydrogen) atoms. The quantitative estimate of drug-likeness (QED) is 0.896. The molecule has 1 aromatic carbocycles. The predicted molar refractivity (Wildman–Crippen MR) is 78.4 cm³/mol. The Bertz CT molecular complexity index is 459. The van der Waals surface area contributed by atoms with Crippen molar-refractivity contribution in [3.8, 4) is 5.75 Å². The summed E-state index contributed by atoms with van der Waals surface area (Å²) in [6.07, 6.45) is 2.13. The molecule has 104 valence electrons. The zero-order valence-corrected chi connectivity index (χ0v) is 12.6. The number of benzene rings is 1. The van der Waals surface area contributed by atoms with Gasteiger partial charge in [-0.1, -0.05) is 0 Å². The van der Waals surface area contributed by atoms with Gasteiger partial charge in [0.15, 0.2) is 0 Å². The van der Waals surface area contributed by atoms with Crippen LogP contribution in [0.2, 0.25) is 0 Å². The van der Waals surface area contributed by atoms with Gasteiger partial charge >= 0.3 is 0 Å². The highest BCUT2D eigenvalue weighted by Crippen LogP contribution is 2.25. The van der Waals surface area contributed by atoms with Gasteiger partial charge in [0.1, 0.15) is 5.75 Å². The first-order chi connectivity index (χ1) is 9.13. The van der Waals surface area contributed by atoms with E-state index in [-0.39, 0.29) is 17.7 Å². The Morgan fingerprint density at radius 3 is 2.95 bits per heavy atom. The summed E-state index contributed by atoms with van der Waals surface area (Å²) in [5.74, 6) is 0.0858.